The van der Waals surface area contributed by atoms with E-state index in [1.54, 1.807) is 26.1 Å². The van der Waals surface area contributed by atoms with Crippen LogP contribution >= 0.6 is 11.8 Å². The zero-order valence-electron chi connectivity index (χ0n) is 15.3. The number of carbonyl (C=O) groups excluding carboxylic acids is 1. The molecule has 1 saturated heterocycles. The molecule has 0 radical (unpaired) electrons. The molecule has 1 fully saturated rings. The summed E-state index contributed by atoms with van der Waals surface area (Å²) in [4.78, 5) is 13.5. The predicted octanol–water partition coefficient (Wildman–Crippen LogP) is 2.31. The van der Waals surface area contributed by atoms with Crippen LogP contribution in [0, 0.1) is 0 Å². The number of carbonyl (C=O) groups is 1. The molecule has 0 bridgehead atoms. The van der Waals surface area contributed by atoms with Gasteiger partial charge in [-0.15, -0.1) is 10.2 Å². The van der Waals surface area contributed by atoms with Gasteiger partial charge < -0.3 is 14.4 Å². The summed E-state index contributed by atoms with van der Waals surface area (Å²) in [5.41, 5.74) is 0.960. The highest BCUT2D eigenvalue weighted by Crippen LogP contribution is 2.27. The van der Waals surface area contributed by atoms with Gasteiger partial charge >= 0.3 is 0 Å². The Bertz CT molecular complexity index is 739. The molecule has 1 aromatic heterocycles. The van der Waals surface area contributed by atoms with E-state index in [0.717, 1.165) is 41.7 Å². The van der Waals surface area contributed by atoms with E-state index in [9.17, 15) is 4.79 Å². The second-order valence-corrected chi connectivity index (χ2v) is 7.30. The lowest BCUT2D eigenvalue weighted by atomic mass is 10.2. The molecule has 3 rings (SSSR count). The van der Waals surface area contributed by atoms with Crippen molar-refractivity contribution in [1.29, 1.82) is 0 Å². The van der Waals surface area contributed by atoms with E-state index in [-0.39, 0.29) is 12.0 Å². The third kappa shape index (κ3) is 4.37. The van der Waals surface area contributed by atoms with Crippen molar-refractivity contribution in [1.82, 2.24) is 19.7 Å². The first-order valence-electron chi connectivity index (χ1n) is 8.60. The third-order valence-electron chi connectivity index (χ3n) is 4.30. The van der Waals surface area contributed by atoms with Gasteiger partial charge in [0, 0.05) is 26.3 Å². The molecule has 1 atom stereocenters. The van der Waals surface area contributed by atoms with Crippen LogP contribution in [-0.2, 0) is 16.1 Å². The number of hydrogen-bond donors (Lipinski definition) is 0. The molecular weight excluding hydrogens is 352 g/mol. The van der Waals surface area contributed by atoms with Gasteiger partial charge in [0.05, 0.1) is 25.5 Å². The topological polar surface area (TPSA) is 69.5 Å². The van der Waals surface area contributed by atoms with Crippen molar-refractivity contribution in [2.45, 2.75) is 30.6 Å². The fraction of sp³-hybridized carbons (Fsp3) is 0.500. The Labute approximate surface area is 157 Å². The number of rotatable bonds is 7. The number of methoxy groups -OCH3 is 1. The smallest absolute Gasteiger partial charge is 0.232 e. The molecule has 140 valence electrons. The molecule has 0 saturated carbocycles. The minimum atomic E-state index is 0.0488. The van der Waals surface area contributed by atoms with Crippen LogP contribution in [0.25, 0.3) is 11.4 Å². The second-order valence-electron chi connectivity index (χ2n) is 6.36. The van der Waals surface area contributed by atoms with Crippen molar-refractivity contribution in [3.63, 3.8) is 0 Å². The molecule has 0 N–H and O–H groups in total. The molecule has 1 aliphatic heterocycles. The molecule has 7 nitrogen and oxygen atoms in total. The summed E-state index contributed by atoms with van der Waals surface area (Å²) in [6, 6.07) is 7.74. The Morgan fingerprint density at radius 2 is 2.12 bits per heavy atom. The fourth-order valence-electron chi connectivity index (χ4n) is 2.76. The number of nitrogens with zero attached hydrogens (tertiary/aromatic N) is 4. The summed E-state index contributed by atoms with van der Waals surface area (Å²) in [5, 5.41) is 9.44. The Kier molecular flexibility index (Phi) is 6.16. The first-order chi connectivity index (χ1) is 12.6. The molecule has 0 spiro atoms. The molecule has 1 aromatic carbocycles. The lowest BCUT2D eigenvalue weighted by molar-refractivity contribution is -0.125. The Morgan fingerprint density at radius 1 is 1.35 bits per heavy atom. The Balaban J connectivity index is 1.85. The van der Waals surface area contributed by atoms with Crippen LogP contribution < -0.4 is 4.74 Å². The van der Waals surface area contributed by atoms with E-state index < -0.39 is 0 Å². The molecule has 2 aromatic rings. The van der Waals surface area contributed by atoms with Crippen LogP contribution in [-0.4, -0.2) is 65.2 Å². The largest absolute Gasteiger partial charge is 0.497 e. The highest BCUT2D eigenvalue weighted by atomic mass is 32.2. The standard InChI is InChI=1S/C18H24N4O3S/c1-21(2)16(23)12-26-18-20-19-17(13-6-8-14(24-3)9-7-13)22(18)11-15-5-4-10-25-15/h6-9,15H,4-5,10-12H2,1-3H3/t15-/m1/s1. The molecule has 0 unspecified atom stereocenters. The third-order valence-corrected chi connectivity index (χ3v) is 5.25. The maximum absolute atomic E-state index is 11.9. The van der Waals surface area contributed by atoms with Gasteiger partial charge in [-0.3, -0.25) is 9.36 Å². The van der Waals surface area contributed by atoms with Crippen molar-refractivity contribution in [3.05, 3.63) is 24.3 Å². The van der Waals surface area contributed by atoms with E-state index in [4.69, 9.17) is 9.47 Å². The summed E-state index contributed by atoms with van der Waals surface area (Å²) >= 11 is 1.41. The number of thioether (sulfide) groups is 1. The number of ether oxygens (including phenoxy) is 2. The number of amides is 1. The first-order valence-corrected chi connectivity index (χ1v) is 9.59. The molecule has 8 heteroatoms. The summed E-state index contributed by atoms with van der Waals surface area (Å²) < 4.78 is 13.1. The van der Waals surface area contributed by atoms with E-state index in [2.05, 4.69) is 14.8 Å². The van der Waals surface area contributed by atoms with Crippen LogP contribution in [0.4, 0.5) is 0 Å². The van der Waals surface area contributed by atoms with Gasteiger partial charge in [-0.25, -0.2) is 0 Å². The van der Waals surface area contributed by atoms with Crippen molar-refractivity contribution < 1.29 is 14.3 Å². The molecule has 2 heterocycles. The SMILES string of the molecule is COc1ccc(-c2nnc(SCC(=O)N(C)C)n2C[C@H]2CCCO2)cc1. The van der Waals surface area contributed by atoms with Gasteiger partial charge in [-0.05, 0) is 37.1 Å². The highest BCUT2D eigenvalue weighted by Gasteiger charge is 2.22. The first kappa shape index (κ1) is 18.7. The number of benzene rings is 1. The van der Waals surface area contributed by atoms with Crippen LogP contribution in [0.3, 0.4) is 0 Å². The lowest BCUT2D eigenvalue weighted by Crippen LogP contribution is -2.24. The van der Waals surface area contributed by atoms with Gasteiger partial charge in [0.15, 0.2) is 11.0 Å². The van der Waals surface area contributed by atoms with Crippen LogP contribution in [0.1, 0.15) is 12.8 Å². The zero-order chi connectivity index (χ0) is 18.5. The van der Waals surface area contributed by atoms with Crippen molar-refractivity contribution in [2.75, 3.05) is 33.6 Å². The van der Waals surface area contributed by atoms with Crippen LogP contribution in [0.5, 0.6) is 5.75 Å². The van der Waals surface area contributed by atoms with Gasteiger partial charge in [-0.1, -0.05) is 11.8 Å². The molecule has 1 amide bonds. The maximum Gasteiger partial charge on any atom is 0.232 e. The summed E-state index contributed by atoms with van der Waals surface area (Å²) in [7, 11) is 5.15. The van der Waals surface area contributed by atoms with Crippen molar-refractivity contribution in [3.8, 4) is 17.1 Å². The van der Waals surface area contributed by atoms with Gasteiger partial charge in [0.2, 0.25) is 5.91 Å². The lowest BCUT2D eigenvalue weighted by Gasteiger charge is -2.15. The maximum atomic E-state index is 11.9. The predicted molar refractivity (Wildman–Crippen MR) is 100 cm³/mol. The molecule has 0 aliphatic carbocycles. The number of hydrogen-bond acceptors (Lipinski definition) is 6. The second kappa shape index (κ2) is 8.55. The van der Waals surface area contributed by atoms with Crippen LogP contribution in [0.15, 0.2) is 29.4 Å². The quantitative estimate of drug-likeness (QED) is 0.691. The van der Waals surface area contributed by atoms with E-state index in [0.29, 0.717) is 12.3 Å². The monoisotopic (exact) mass is 376 g/mol. The van der Waals surface area contributed by atoms with E-state index in [1.165, 1.54) is 11.8 Å². The minimum absolute atomic E-state index is 0.0488. The average Bonchev–Trinajstić information content (AvgIpc) is 3.30. The number of aromatic nitrogens is 3. The van der Waals surface area contributed by atoms with E-state index in [1.807, 2.05) is 24.3 Å². The fourth-order valence-corrected chi connectivity index (χ4v) is 3.69. The summed E-state index contributed by atoms with van der Waals surface area (Å²) in [6.45, 7) is 1.49. The Morgan fingerprint density at radius 3 is 2.73 bits per heavy atom. The summed E-state index contributed by atoms with van der Waals surface area (Å²) in [6.07, 6.45) is 2.26. The van der Waals surface area contributed by atoms with Gasteiger partial charge in [0.1, 0.15) is 5.75 Å². The normalized spacial score (nSPS) is 16.7. The molecular formula is C18H24N4O3S. The summed E-state index contributed by atoms with van der Waals surface area (Å²) in [5.74, 6) is 1.96. The minimum Gasteiger partial charge on any atom is -0.497 e. The highest BCUT2D eigenvalue weighted by molar-refractivity contribution is 7.99. The van der Waals surface area contributed by atoms with Crippen molar-refractivity contribution in [2.24, 2.45) is 0 Å². The molecule has 1 aliphatic rings. The molecule has 26 heavy (non-hydrogen) atoms. The van der Waals surface area contributed by atoms with E-state index >= 15 is 0 Å². The zero-order valence-corrected chi connectivity index (χ0v) is 16.2. The van der Waals surface area contributed by atoms with Gasteiger partial charge in [-0.2, -0.15) is 0 Å². The Hall–Kier alpha value is -2.06. The van der Waals surface area contributed by atoms with Gasteiger partial charge in [0.25, 0.3) is 0 Å². The van der Waals surface area contributed by atoms with Crippen LogP contribution in [0.2, 0.25) is 0 Å². The average molecular weight is 376 g/mol. The van der Waals surface area contributed by atoms with Crippen molar-refractivity contribution >= 4 is 17.7 Å².